The Morgan fingerprint density at radius 2 is 2.26 bits per heavy atom. The van der Waals surface area contributed by atoms with Crippen molar-refractivity contribution in [2.75, 3.05) is 7.11 Å². The van der Waals surface area contributed by atoms with Gasteiger partial charge < -0.3 is 9.47 Å². The van der Waals surface area contributed by atoms with Gasteiger partial charge in [-0.05, 0) is 25.1 Å². The van der Waals surface area contributed by atoms with Gasteiger partial charge in [0, 0.05) is 18.3 Å². The van der Waals surface area contributed by atoms with Gasteiger partial charge in [0.1, 0.15) is 18.1 Å². The van der Waals surface area contributed by atoms with Gasteiger partial charge in [0.15, 0.2) is 6.29 Å². The SMILES string of the molecule is CCn1cc(COc2ccc(OC)cc2C=O)cn1. The van der Waals surface area contributed by atoms with Crippen LogP contribution in [-0.4, -0.2) is 23.2 Å². The number of aromatic nitrogens is 2. The predicted octanol–water partition coefficient (Wildman–Crippen LogP) is 2.30. The third kappa shape index (κ3) is 3.13. The minimum absolute atomic E-state index is 0.382. The normalized spacial score (nSPS) is 10.2. The number of hydrogen-bond donors (Lipinski definition) is 0. The first kappa shape index (κ1) is 13.1. The summed E-state index contributed by atoms with van der Waals surface area (Å²) < 4.78 is 12.5. The Morgan fingerprint density at radius 1 is 1.42 bits per heavy atom. The first-order chi connectivity index (χ1) is 9.26. The van der Waals surface area contributed by atoms with E-state index in [2.05, 4.69) is 5.10 Å². The molecule has 5 heteroatoms. The highest BCUT2D eigenvalue weighted by Gasteiger charge is 2.06. The fourth-order valence-corrected chi connectivity index (χ4v) is 1.69. The lowest BCUT2D eigenvalue weighted by molar-refractivity contribution is 0.111. The number of benzene rings is 1. The van der Waals surface area contributed by atoms with E-state index in [-0.39, 0.29) is 0 Å². The van der Waals surface area contributed by atoms with Crippen LogP contribution in [0, 0.1) is 0 Å². The molecule has 0 amide bonds. The zero-order valence-corrected chi connectivity index (χ0v) is 11.0. The van der Waals surface area contributed by atoms with Crippen molar-refractivity contribution in [3.63, 3.8) is 0 Å². The first-order valence-electron chi connectivity index (χ1n) is 6.04. The van der Waals surface area contributed by atoms with E-state index in [1.165, 1.54) is 0 Å². The topological polar surface area (TPSA) is 53.4 Å². The highest BCUT2D eigenvalue weighted by molar-refractivity contribution is 5.80. The van der Waals surface area contributed by atoms with Crippen molar-refractivity contribution in [2.45, 2.75) is 20.1 Å². The largest absolute Gasteiger partial charge is 0.497 e. The summed E-state index contributed by atoms with van der Waals surface area (Å²) in [5, 5.41) is 4.16. The third-order valence-corrected chi connectivity index (χ3v) is 2.75. The maximum Gasteiger partial charge on any atom is 0.153 e. The first-order valence-corrected chi connectivity index (χ1v) is 6.04. The molecule has 0 saturated heterocycles. The number of hydrogen-bond acceptors (Lipinski definition) is 4. The van der Waals surface area contributed by atoms with Crippen molar-refractivity contribution in [3.05, 3.63) is 41.7 Å². The van der Waals surface area contributed by atoms with Gasteiger partial charge in [-0.15, -0.1) is 0 Å². The average molecular weight is 260 g/mol. The maximum atomic E-state index is 11.0. The highest BCUT2D eigenvalue weighted by Crippen LogP contribution is 2.23. The molecule has 1 aromatic carbocycles. The summed E-state index contributed by atoms with van der Waals surface area (Å²) in [6.45, 7) is 3.22. The zero-order chi connectivity index (χ0) is 13.7. The molecule has 2 aromatic rings. The number of aryl methyl sites for hydroxylation is 1. The van der Waals surface area contributed by atoms with Crippen LogP contribution in [0.2, 0.25) is 0 Å². The van der Waals surface area contributed by atoms with Gasteiger partial charge in [0.05, 0.1) is 18.9 Å². The number of nitrogens with zero attached hydrogens (tertiary/aromatic N) is 2. The summed E-state index contributed by atoms with van der Waals surface area (Å²) in [5.74, 6) is 1.17. The molecule has 0 aliphatic heterocycles. The second kappa shape index (κ2) is 6.04. The van der Waals surface area contributed by atoms with E-state index in [9.17, 15) is 4.79 Å². The van der Waals surface area contributed by atoms with E-state index in [0.717, 1.165) is 18.4 Å². The Labute approximate surface area is 111 Å². The molecule has 0 aliphatic carbocycles. The molecule has 0 fully saturated rings. The van der Waals surface area contributed by atoms with Gasteiger partial charge in [-0.3, -0.25) is 9.48 Å². The van der Waals surface area contributed by atoms with Crippen molar-refractivity contribution in [1.29, 1.82) is 0 Å². The number of carbonyl (C=O) groups is 1. The minimum atomic E-state index is 0.382. The summed E-state index contributed by atoms with van der Waals surface area (Å²) in [5.41, 5.74) is 1.44. The quantitative estimate of drug-likeness (QED) is 0.748. The Balaban J connectivity index is 2.08. The molecule has 19 heavy (non-hydrogen) atoms. The summed E-state index contributed by atoms with van der Waals surface area (Å²) in [6, 6.07) is 5.14. The van der Waals surface area contributed by atoms with E-state index in [1.807, 2.05) is 17.8 Å². The Hall–Kier alpha value is -2.30. The minimum Gasteiger partial charge on any atom is -0.497 e. The van der Waals surface area contributed by atoms with Crippen molar-refractivity contribution < 1.29 is 14.3 Å². The number of rotatable bonds is 6. The zero-order valence-electron chi connectivity index (χ0n) is 11.0. The highest BCUT2D eigenvalue weighted by atomic mass is 16.5. The summed E-state index contributed by atoms with van der Waals surface area (Å²) >= 11 is 0. The Morgan fingerprint density at radius 3 is 2.89 bits per heavy atom. The van der Waals surface area contributed by atoms with Gasteiger partial charge in [-0.2, -0.15) is 5.10 Å². The maximum absolute atomic E-state index is 11.0. The van der Waals surface area contributed by atoms with Crippen LogP contribution in [0.5, 0.6) is 11.5 Å². The second-order valence-electron chi connectivity index (χ2n) is 4.01. The van der Waals surface area contributed by atoms with E-state index in [4.69, 9.17) is 9.47 Å². The summed E-state index contributed by atoms with van der Waals surface area (Å²) in [6.07, 6.45) is 4.44. The van der Waals surface area contributed by atoms with Gasteiger partial charge in [0.2, 0.25) is 0 Å². The van der Waals surface area contributed by atoms with Crippen LogP contribution in [0.1, 0.15) is 22.8 Å². The van der Waals surface area contributed by atoms with Crippen LogP contribution < -0.4 is 9.47 Å². The molecule has 0 saturated carbocycles. The van der Waals surface area contributed by atoms with Crippen molar-refractivity contribution in [1.82, 2.24) is 9.78 Å². The fourth-order valence-electron chi connectivity index (χ4n) is 1.69. The van der Waals surface area contributed by atoms with E-state index in [0.29, 0.717) is 23.7 Å². The Kier molecular flexibility index (Phi) is 4.18. The number of ether oxygens (including phenoxy) is 2. The molecule has 2 rings (SSSR count). The molecule has 0 unspecified atom stereocenters. The molecule has 5 nitrogen and oxygen atoms in total. The number of aldehydes is 1. The molecule has 1 heterocycles. The van der Waals surface area contributed by atoms with Gasteiger partial charge in [-0.25, -0.2) is 0 Å². The fraction of sp³-hybridized carbons (Fsp3) is 0.286. The lowest BCUT2D eigenvalue weighted by Crippen LogP contribution is -1.98. The molecule has 0 N–H and O–H groups in total. The van der Waals surface area contributed by atoms with E-state index in [1.54, 1.807) is 31.5 Å². The second-order valence-corrected chi connectivity index (χ2v) is 4.01. The predicted molar refractivity (Wildman–Crippen MR) is 70.6 cm³/mol. The average Bonchev–Trinajstić information content (AvgIpc) is 2.92. The number of methoxy groups -OCH3 is 1. The number of carbonyl (C=O) groups excluding carboxylic acids is 1. The van der Waals surface area contributed by atoms with Gasteiger partial charge in [-0.1, -0.05) is 0 Å². The lowest BCUT2D eigenvalue weighted by Gasteiger charge is -2.08. The van der Waals surface area contributed by atoms with Crippen LogP contribution in [0.25, 0.3) is 0 Å². The summed E-state index contributed by atoms with van der Waals surface area (Å²) in [4.78, 5) is 11.0. The molecule has 0 radical (unpaired) electrons. The lowest BCUT2D eigenvalue weighted by atomic mass is 10.2. The van der Waals surface area contributed by atoms with Crippen molar-refractivity contribution >= 4 is 6.29 Å². The smallest absolute Gasteiger partial charge is 0.153 e. The van der Waals surface area contributed by atoms with E-state index >= 15 is 0 Å². The van der Waals surface area contributed by atoms with Gasteiger partial charge in [0.25, 0.3) is 0 Å². The molecule has 100 valence electrons. The van der Waals surface area contributed by atoms with Gasteiger partial charge >= 0.3 is 0 Å². The Bertz CT molecular complexity index is 564. The standard InChI is InChI=1S/C14H16N2O3/c1-3-16-8-11(7-15-16)10-19-14-5-4-13(18-2)6-12(14)9-17/h4-9H,3,10H2,1-2H3. The van der Waals surface area contributed by atoms with E-state index < -0.39 is 0 Å². The molecule has 0 atom stereocenters. The van der Waals surface area contributed by atoms with Crippen LogP contribution in [0.3, 0.4) is 0 Å². The monoisotopic (exact) mass is 260 g/mol. The summed E-state index contributed by atoms with van der Waals surface area (Å²) in [7, 11) is 1.56. The van der Waals surface area contributed by atoms with Crippen LogP contribution in [-0.2, 0) is 13.2 Å². The van der Waals surface area contributed by atoms with Crippen molar-refractivity contribution in [2.24, 2.45) is 0 Å². The molecule has 0 bridgehead atoms. The van der Waals surface area contributed by atoms with Crippen LogP contribution in [0.4, 0.5) is 0 Å². The molecular formula is C14H16N2O3. The van der Waals surface area contributed by atoms with Crippen LogP contribution >= 0.6 is 0 Å². The third-order valence-electron chi connectivity index (χ3n) is 2.75. The molecule has 1 aromatic heterocycles. The molecular weight excluding hydrogens is 244 g/mol. The molecule has 0 spiro atoms. The molecule has 0 aliphatic rings. The van der Waals surface area contributed by atoms with Crippen LogP contribution in [0.15, 0.2) is 30.6 Å². The van der Waals surface area contributed by atoms with Crippen molar-refractivity contribution in [3.8, 4) is 11.5 Å².